The molecule has 0 saturated carbocycles. The van der Waals surface area contributed by atoms with E-state index in [0.29, 0.717) is 0 Å². The third kappa shape index (κ3) is 3.06. The number of nitrogens with two attached hydrogens (primary N) is 1. The van der Waals surface area contributed by atoms with Crippen molar-refractivity contribution in [1.29, 1.82) is 0 Å². The predicted octanol–water partition coefficient (Wildman–Crippen LogP) is 3.15. The van der Waals surface area contributed by atoms with Crippen LogP contribution in [0.3, 0.4) is 0 Å². The largest absolute Gasteiger partial charge is 0.271 e. The van der Waals surface area contributed by atoms with Crippen LogP contribution in [0.25, 0.3) is 0 Å². The molecule has 3 N–H and O–H groups in total. The molecule has 0 aromatic heterocycles. The minimum absolute atomic E-state index is 0.0466. The van der Waals surface area contributed by atoms with Gasteiger partial charge in [0.05, 0.1) is 6.04 Å². The average Bonchev–Trinajstić information content (AvgIpc) is 2.33. The Morgan fingerprint density at radius 2 is 1.76 bits per heavy atom. The van der Waals surface area contributed by atoms with Crippen molar-refractivity contribution >= 4 is 22.6 Å². The zero-order valence-electron chi connectivity index (χ0n) is 9.65. The Labute approximate surface area is 115 Å². The quantitative estimate of drug-likeness (QED) is 0.513. The third-order valence-corrected chi connectivity index (χ3v) is 3.43. The van der Waals surface area contributed by atoms with Crippen LogP contribution in [-0.4, -0.2) is 0 Å². The molecule has 0 heterocycles. The van der Waals surface area contributed by atoms with Gasteiger partial charge in [-0.2, -0.15) is 0 Å². The van der Waals surface area contributed by atoms with Crippen LogP contribution in [0, 0.1) is 10.5 Å². The van der Waals surface area contributed by atoms with Crippen LogP contribution in [0.4, 0.5) is 0 Å². The van der Waals surface area contributed by atoms with Gasteiger partial charge in [-0.15, -0.1) is 0 Å². The van der Waals surface area contributed by atoms with Gasteiger partial charge in [0.25, 0.3) is 0 Å². The second kappa shape index (κ2) is 5.62. The van der Waals surface area contributed by atoms with E-state index >= 15 is 0 Å². The summed E-state index contributed by atoms with van der Waals surface area (Å²) in [7, 11) is 0. The van der Waals surface area contributed by atoms with Gasteiger partial charge in [-0.25, -0.2) is 5.43 Å². The smallest absolute Gasteiger partial charge is 0.0710 e. The van der Waals surface area contributed by atoms with Crippen LogP contribution >= 0.6 is 22.6 Å². The molecule has 0 aliphatic rings. The minimum Gasteiger partial charge on any atom is -0.271 e. The molecule has 0 fully saturated rings. The van der Waals surface area contributed by atoms with E-state index in [-0.39, 0.29) is 6.04 Å². The lowest BCUT2D eigenvalue weighted by Crippen LogP contribution is -2.28. The van der Waals surface area contributed by atoms with E-state index < -0.39 is 0 Å². The van der Waals surface area contributed by atoms with Crippen molar-refractivity contribution in [1.82, 2.24) is 5.43 Å². The van der Waals surface area contributed by atoms with Gasteiger partial charge in [-0.1, -0.05) is 42.0 Å². The number of hydrogen-bond acceptors (Lipinski definition) is 2. The second-order valence-electron chi connectivity index (χ2n) is 4.07. The molecule has 2 rings (SSSR count). The van der Waals surface area contributed by atoms with Crippen molar-refractivity contribution in [3.8, 4) is 0 Å². The number of nitrogens with one attached hydrogen (secondary N) is 1. The first-order valence-corrected chi connectivity index (χ1v) is 6.57. The first kappa shape index (κ1) is 12.5. The van der Waals surface area contributed by atoms with Gasteiger partial charge in [0.2, 0.25) is 0 Å². The molecule has 1 atom stereocenters. The summed E-state index contributed by atoms with van der Waals surface area (Å²) in [6, 6.07) is 16.8. The maximum atomic E-state index is 5.67. The summed E-state index contributed by atoms with van der Waals surface area (Å²) in [4.78, 5) is 0. The minimum atomic E-state index is 0.0466. The molecule has 0 saturated heterocycles. The van der Waals surface area contributed by atoms with Crippen molar-refractivity contribution in [2.24, 2.45) is 5.84 Å². The predicted molar refractivity (Wildman–Crippen MR) is 79.5 cm³/mol. The molecule has 2 aromatic rings. The maximum Gasteiger partial charge on any atom is 0.0710 e. The molecular formula is C14H15IN2. The Kier molecular flexibility index (Phi) is 4.15. The standard InChI is InChI=1S/C14H15IN2/c1-10-5-7-11(8-6-10)14(17-16)12-3-2-4-13(15)9-12/h2-9,14,17H,16H2,1H3. The van der Waals surface area contributed by atoms with Crippen LogP contribution in [0.2, 0.25) is 0 Å². The van der Waals surface area contributed by atoms with Gasteiger partial charge in [0, 0.05) is 3.57 Å². The van der Waals surface area contributed by atoms with Crippen LogP contribution in [0.5, 0.6) is 0 Å². The Morgan fingerprint density at radius 3 is 2.35 bits per heavy atom. The zero-order valence-corrected chi connectivity index (χ0v) is 11.8. The van der Waals surface area contributed by atoms with Gasteiger partial charge in [-0.3, -0.25) is 5.84 Å². The van der Waals surface area contributed by atoms with E-state index in [2.05, 4.69) is 83.5 Å². The molecule has 0 radical (unpaired) electrons. The molecule has 0 amide bonds. The van der Waals surface area contributed by atoms with Crippen LogP contribution in [-0.2, 0) is 0 Å². The summed E-state index contributed by atoms with van der Waals surface area (Å²) in [5, 5.41) is 0. The molecule has 17 heavy (non-hydrogen) atoms. The molecule has 1 unspecified atom stereocenters. The maximum absolute atomic E-state index is 5.67. The summed E-state index contributed by atoms with van der Waals surface area (Å²) in [6.45, 7) is 2.08. The SMILES string of the molecule is Cc1ccc(C(NN)c2cccc(I)c2)cc1. The van der Waals surface area contributed by atoms with E-state index in [1.54, 1.807) is 0 Å². The van der Waals surface area contributed by atoms with Crippen molar-refractivity contribution in [2.75, 3.05) is 0 Å². The highest BCUT2D eigenvalue weighted by Crippen LogP contribution is 2.22. The second-order valence-corrected chi connectivity index (χ2v) is 5.31. The first-order chi connectivity index (χ1) is 8.20. The van der Waals surface area contributed by atoms with Gasteiger partial charge in [0.1, 0.15) is 0 Å². The Bertz CT molecular complexity index is 494. The van der Waals surface area contributed by atoms with E-state index in [0.717, 1.165) is 0 Å². The number of rotatable bonds is 3. The average molecular weight is 338 g/mol. The lowest BCUT2D eigenvalue weighted by Gasteiger charge is -2.17. The van der Waals surface area contributed by atoms with Gasteiger partial charge < -0.3 is 0 Å². The number of hydrazine groups is 1. The summed E-state index contributed by atoms with van der Waals surface area (Å²) in [5.74, 6) is 5.67. The summed E-state index contributed by atoms with van der Waals surface area (Å²) in [5.41, 5.74) is 6.50. The highest BCUT2D eigenvalue weighted by atomic mass is 127. The fourth-order valence-corrected chi connectivity index (χ4v) is 2.40. The molecule has 88 valence electrons. The summed E-state index contributed by atoms with van der Waals surface area (Å²) < 4.78 is 1.22. The third-order valence-electron chi connectivity index (χ3n) is 2.76. The Morgan fingerprint density at radius 1 is 1.06 bits per heavy atom. The molecule has 3 heteroatoms. The monoisotopic (exact) mass is 338 g/mol. The van der Waals surface area contributed by atoms with Gasteiger partial charge in [-0.05, 0) is 52.8 Å². The zero-order chi connectivity index (χ0) is 12.3. The van der Waals surface area contributed by atoms with Gasteiger partial charge in [0.15, 0.2) is 0 Å². The van der Waals surface area contributed by atoms with Crippen LogP contribution in [0.1, 0.15) is 22.7 Å². The van der Waals surface area contributed by atoms with Crippen LogP contribution < -0.4 is 11.3 Å². The highest BCUT2D eigenvalue weighted by molar-refractivity contribution is 14.1. The molecule has 2 nitrogen and oxygen atoms in total. The molecule has 0 spiro atoms. The number of hydrogen-bond donors (Lipinski definition) is 2. The Hall–Kier alpha value is -0.910. The van der Waals surface area contributed by atoms with E-state index in [9.17, 15) is 0 Å². The lowest BCUT2D eigenvalue weighted by atomic mass is 9.98. The lowest BCUT2D eigenvalue weighted by molar-refractivity contribution is 0.636. The molecule has 0 bridgehead atoms. The topological polar surface area (TPSA) is 38.0 Å². The van der Waals surface area contributed by atoms with E-state index in [4.69, 9.17) is 5.84 Å². The molecule has 0 aliphatic carbocycles. The van der Waals surface area contributed by atoms with E-state index in [1.165, 1.54) is 20.3 Å². The molecular weight excluding hydrogens is 323 g/mol. The molecule has 2 aromatic carbocycles. The van der Waals surface area contributed by atoms with Crippen LogP contribution in [0.15, 0.2) is 48.5 Å². The van der Waals surface area contributed by atoms with Crippen molar-refractivity contribution in [2.45, 2.75) is 13.0 Å². The number of aryl methyl sites for hydroxylation is 1. The van der Waals surface area contributed by atoms with Crippen molar-refractivity contribution in [3.05, 3.63) is 68.8 Å². The summed E-state index contributed by atoms with van der Waals surface area (Å²) >= 11 is 2.31. The van der Waals surface area contributed by atoms with Gasteiger partial charge >= 0.3 is 0 Å². The van der Waals surface area contributed by atoms with Crippen molar-refractivity contribution in [3.63, 3.8) is 0 Å². The summed E-state index contributed by atoms with van der Waals surface area (Å²) in [6.07, 6.45) is 0. The van der Waals surface area contributed by atoms with E-state index in [1.807, 2.05) is 0 Å². The Balaban J connectivity index is 2.36. The first-order valence-electron chi connectivity index (χ1n) is 5.49. The number of benzene rings is 2. The highest BCUT2D eigenvalue weighted by Gasteiger charge is 2.11. The normalized spacial score (nSPS) is 12.4. The molecule has 0 aliphatic heterocycles. The number of halogens is 1. The van der Waals surface area contributed by atoms with Crippen molar-refractivity contribution < 1.29 is 0 Å². The fraction of sp³-hybridized carbons (Fsp3) is 0.143. The fourth-order valence-electron chi connectivity index (χ4n) is 1.83.